The zero-order valence-corrected chi connectivity index (χ0v) is 6.34. The Kier molecular flexibility index (Phi) is 1.55. The number of hydrogen-bond acceptors (Lipinski definition) is 2. The molecule has 1 aromatic carbocycles. The third kappa shape index (κ3) is 1.49. The van der Waals surface area contributed by atoms with Crippen LogP contribution in [0.25, 0.3) is 0 Å². The fourth-order valence-electron chi connectivity index (χ4n) is 0.962. The summed E-state index contributed by atoms with van der Waals surface area (Å²) in [6, 6.07) is 8.93. The molecule has 0 atom stereocenters. The van der Waals surface area contributed by atoms with Crippen molar-refractivity contribution in [3.8, 4) is 0 Å². The predicted octanol–water partition coefficient (Wildman–Crippen LogP) is 1.98. The van der Waals surface area contributed by atoms with Crippen LogP contribution in [0, 0.1) is 6.07 Å². The van der Waals surface area contributed by atoms with Gasteiger partial charge in [0, 0.05) is 5.56 Å². The normalized spacial score (nSPS) is 15.6. The topological polar surface area (TPSA) is 15.4 Å². The molecule has 0 fully saturated rings. The van der Waals surface area contributed by atoms with Crippen molar-refractivity contribution < 1.29 is 13.2 Å². The van der Waals surface area contributed by atoms with E-state index in [1.54, 1.807) is 18.2 Å². The molecule has 1 heterocycles. The summed E-state index contributed by atoms with van der Waals surface area (Å²) < 4.78 is 35.9. The van der Waals surface area contributed by atoms with E-state index in [0.717, 1.165) is 0 Å². The molecule has 1 radical (unpaired) electrons. The van der Waals surface area contributed by atoms with E-state index in [1.807, 2.05) is 0 Å². The molecule has 1 aromatic rings. The predicted molar refractivity (Wildman–Crippen MR) is 39.7 cm³/mol. The lowest BCUT2D eigenvalue weighted by Crippen LogP contribution is -2.25. The number of benzene rings is 1. The largest absolute Gasteiger partial charge is 0.506 e. The Morgan fingerprint density at radius 2 is 2.15 bits per heavy atom. The van der Waals surface area contributed by atoms with Gasteiger partial charge in [0.25, 0.3) is 0 Å². The Morgan fingerprint density at radius 1 is 1.38 bits per heavy atom. The Morgan fingerprint density at radius 3 is 2.62 bits per heavy atom. The fourth-order valence-corrected chi connectivity index (χ4v) is 0.962. The smallest absolute Gasteiger partial charge is 0.149 e. The summed E-state index contributed by atoms with van der Waals surface area (Å²) in [5.74, 6) is -0.0515. The van der Waals surface area contributed by atoms with Crippen molar-refractivity contribution in [3.63, 3.8) is 0 Å². The number of nitrogens with zero attached hydrogens (tertiary/aromatic N) is 2. The zero-order chi connectivity index (χ0) is 9.47. The van der Waals surface area contributed by atoms with Gasteiger partial charge < -0.3 is 0 Å². The first-order valence-corrected chi connectivity index (χ1v) is 3.51. The van der Waals surface area contributed by atoms with Crippen LogP contribution < -0.4 is 0 Å². The van der Waals surface area contributed by atoms with Crippen molar-refractivity contribution in [1.82, 2.24) is 5.01 Å². The summed E-state index contributed by atoms with van der Waals surface area (Å²) in [7, 11) is 0. The highest BCUT2D eigenvalue weighted by Gasteiger charge is 2.48. The van der Waals surface area contributed by atoms with Gasteiger partial charge in [-0.05, 0) is 12.1 Å². The molecule has 0 N–H and O–H groups in total. The minimum Gasteiger partial charge on any atom is -0.149 e. The first kappa shape index (κ1) is 8.10. The molecule has 0 bridgehead atoms. The molecule has 2 nitrogen and oxygen atoms in total. The Bertz CT molecular complexity index is 342. The van der Waals surface area contributed by atoms with E-state index >= 15 is 0 Å². The average molecular weight is 185 g/mol. The van der Waals surface area contributed by atoms with E-state index in [2.05, 4.69) is 11.2 Å². The van der Waals surface area contributed by atoms with Crippen LogP contribution in [0.15, 0.2) is 29.4 Å². The van der Waals surface area contributed by atoms with E-state index in [-0.39, 0.29) is 10.8 Å². The highest BCUT2D eigenvalue weighted by atomic mass is 19.4. The number of halogens is 3. The summed E-state index contributed by atoms with van der Waals surface area (Å²) in [6.07, 6.45) is -4.40. The van der Waals surface area contributed by atoms with Gasteiger partial charge in [0.1, 0.15) is 0 Å². The molecule has 5 heteroatoms. The monoisotopic (exact) mass is 185 g/mol. The molecular formula is C8H4F3N2. The summed E-state index contributed by atoms with van der Waals surface area (Å²) >= 11 is 0. The molecule has 0 saturated heterocycles. The van der Waals surface area contributed by atoms with Crippen LogP contribution >= 0.6 is 0 Å². The molecule has 0 unspecified atom stereocenters. The van der Waals surface area contributed by atoms with Gasteiger partial charge in [-0.3, -0.25) is 0 Å². The molecule has 0 aromatic heterocycles. The van der Waals surface area contributed by atoms with Crippen LogP contribution in [0.2, 0.25) is 0 Å². The Labute approximate surface area is 72.3 Å². The van der Waals surface area contributed by atoms with Crippen molar-refractivity contribution in [2.45, 2.75) is 6.30 Å². The van der Waals surface area contributed by atoms with E-state index in [9.17, 15) is 13.2 Å². The lowest BCUT2D eigenvalue weighted by molar-refractivity contribution is -0.201. The zero-order valence-electron chi connectivity index (χ0n) is 6.34. The molecule has 13 heavy (non-hydrogen) atoms. The number of hydrogen-bond donors (Lipinski definition) is 0. The van der Waals surface area contributed by atoms with Gasteiger partial charge in [-0.2, -0.15) is 0 Å². The van der Waals surface area contributed by atoms with Crippen molar-refractivity contribution in [3.05, 3.63) is 35.9 Å². The second-order valence-corrected chi connectivity index (χ2v) is 2.50. The van der Waals surface area contributed by atoms with Gasteiger partial charge >= 0.3 is 6.30 Å². The molecule has 0 amide bonds. The Hall–Kier alpha value is -1.52. The van der Waals surface area contributed by atoms with E-state index < -0.39 is 6.30 Å². The lowest BCUT2D eigenvalue weighted by atomic mass is 10.2. The first-order chi connectivity index (χ1) is 6.09. The standard InChI is InChI=1S/C8H4F3N2/c9-8(10,11)13-7(12-13)6-4-2-1-3-5-6/h1-2,4-5H. The number of amidine groups is 1. The van der Waals surface area contributed by atoms with Crippen LogP contribution in [0.3, 0.4) is 0 Å². The molecule has 1 aliphatic rings. The second-order valence-electron chi connectivity index (χ2n) is 2.50. The van der Waals surface area contributed by atoms with E-state index in [1.165, 1.54) is 6.07 Å². The fraction of sp³-hybridized carbons (Fsp3) is 0.125. The van der Waals surface area contributed by atoms with Crippen molar-refractivity contribution in [1.29, 1.82) is 0 Å². The maximum absolute atomic E-state index is 12.0. The number of alkyl halides is 3. The first-order valence-electron chi connectivity index (χ1n) is 3.51. The highest BCUT2D eigenvalue weighted by molar-refractivity contribution is 6.05. The average Bonchev–Trinajstić information content (AvgIpc) is 2.83. The number of rotatable bonds is 1. The van der Waals surface area contributed by atoms with Gasteiger partial charge in [-0.15, -0.1) is 23.3 Å². The molecule has 1 aliphatic heterocycles. The summed E-state index contributed by atoms with van der Waals surface area (Å²) in [4.78, 5) is 0. The van der Waals surface area contributed by atoms with Crippen LogP contribution in [-0.2, 0) is 0 Å². The van der Waals surface area contributed by atoms with Crippen molar-refractivity contribution in [2.24, 2.45) is 5.10 Å². The molecular weight excluding hydrogens is 181 g/mol. The van der Waals surface area contributed by atoms with Gasteiger partial charge in [-0.25, -0.2) is 0 Å². The summed E-state index contributed by atoms with van der Waals surface area (Å²) in [6.45, 7) is 0. The van der Waals surface area contributed by atoms with Gasteiger partial charge in [0.05, 0.1) is 0 Å². The van der Waals surface area contributed by atoms with Gasteiger partial charge in [-0.1, -0.05) is 18.2 Å². The van der Waals surface area contributed by atoms with E-state index in [0.29, 0.717) is 5.56 Å². The minimum absolute atomic E-state index is 0.0379. The van der Waals surface area contributed by atoms with Crippen LogP contribution in [0.1, 0.15) is 5.56 Å². The Balaban J connectivity index is 2.13. The number of hydrazone groups is 1. The van der Waals surface area contributed by atoms with Gasteiger partial charge in [0.15, 0.2) is 5.84 Å². The molecule has 0 saturated carbocycles. The van der Waals surface area contributed by atoms with Crippen LogP contribution in [0.4, 0.5) is 13.2 Å². The maximum Gasteiger partial charge on any atom is 0.506 e. The SMILES string of the molecule is FC(F)(F)N1N=C1c1c[c]ccc1. The van der Waals surface area contributed by atoms with Crippen LogP contribution in [0.5, 0.6) is 0 Å². The molecule has 0 aliphatic carbocycles. The van der Waals surface area contributed by atoms with Gasteiger partial charge in [0.2, 0.25) is 0 Å². The second kappa shape index (κ2) is 2.48. The lowest BCUT2D eigenvalue weighted by Gasteiger charge is -2.05. The highest BCUT2D eigenvalue weighted by Crippen LogP contribution is 2.32. The molecule has 67 valence electrons. The summed E-state index contributed by atoms with van der Waals surface area (Å²) in [5.41, 5.74) is 0.430. The van der Waals surface area contributed by atoms with Crippen LogP contribution in [-0.4, -0.2) is 17.1 Å². The third-order valence-electron chi connectivity index (χ3n) is 1.56. The molecule has 2 rings (SSSR count). The van der Waals surface area contributed by atoms with Crippen molar-refractivity contribution in [2.75, 3.05) is 0 Å². The summed E-state index contributed by atoms with van der Waals surface area (Å²) in [5, 5.41) is 3.24. The minimum atomic E-state index is -4.40. The quantitative estimate of drug-likeness (QED) is 0.610. The maximum atomic E-state index is 12.0. The van der Waals surface area contributed by atoms with Crippen molar-refractivity contribution >= 4 is 5.84 Å². The third-order valence-corrected chi connectivity index (χ3v) is 1.56. The van der Waals surface area contributed by atoms with E-state index in [4.69, 9.17) is 0 Å². The molecule has 0 spiro atoms.